The van der Waals surface area contributed by atoms with Gasteiger partial charge >= 0.3 is 5.97 Å². The Morgan fingerprint density at radius 3 is 2.64 bits per heavy atom. The van der Waals surface area contributed by atoms with Gasteiger partial charge in [0, 0.05) is 9.13 Å². The number of hydrogen-bond acceptors (Lipinski definition) is 5. The Hall–Kier alpha value is -1.87. The molecule has 0 bridgehead atoms. The average Bonchev–Trinajstić information content (AvgIpc) is 3.04. The van der Waals surface area contributed by atoms with E-state index in [2.05, 4.69) is 50.4 Å². The van der Waals surface area contributed by atoms with Crippen LogP contribution < -0.4 is 9.47 Å². The van der Waals surface area contributed by atoms with Crippen molar-refractivity contribution in [1.82, 2.24) is 0 Å². The van der Waals surface area contributed by atoms with Gasteiger partial charge in [0.2, 0.25) is 5.90 Å². The number of hydrogen-bond donors (Lipinski definition) is 0. The van der Waals surface area contributed by atoms with Crippen LogP contribution in [0.4, 0.5) is 0 Å². The van der Waals surface area contributed by atoms with Crippen molar-refractivity contribution in [3.63, 3.8) is 0 Å². The lowest BCUT2D eigenvalue weighted by atomic mass is 10.1. The van der Waals surface area contributed by atoms with E-state index in [1.807, 2.05) is 37.3 Å². The Bertz CT molecular complexity index is 954. The van der Waals surface area contributed by atoms with E-state index >= 15 is 0 Å². The number of carbonyl (C=O) groups excluding carboxylic acids is 1. The molecule has 1 heterocycles. The lowest BCUT2D eigenvalue weighted by Crippen LogP contribution is -2.11. The van der Waals surface area contributed by atoms with E-state index in [1.165, 1.54) is 0 Å². The molecule has 2 aromatic carbocycles. The second-order valence-corrected chi connectivity index (χ2v) is 8.31. The number of nitrogens with zero attached hydrogens (tertiary/aromatic N) is 1. The third kappa shape index (κ3) is 4.75. The molecule has 3 rings (SSSR count). The minimum absolute atomic E-state index is 0.0558. The number of cyclic esters (lactones) is 1. The number of aliphatic imine (C=N–C) groups is 1. The van der Waals surface area contributed by atoms with Gasteiger partial charge in [0.05, 0.1) is 17.7 Å². The first-order chi connectivity index (χ1) is 13.4. The highest BCUT2D eigenvalue weighted by atomic mass is 127. The largest absolute Gasteiger partial charge is 0.493 e. The Morgan fingerprint density at radius 1 is 1.29 bits per heavy atom. The zero-order valence-corrected chi connectivity index (χ0v) is 19.4. The second kappa shape index (κ2) is 9.09. The zero-order chi connectivity index (χ0) is 20.3. The van der Waals surface area contributed by atoms with E-state index in [4.69, 9.17) is 14.2 Å². The van der Waals surface area contributed by atoms with Crippen LogP contribution in [0.15, 0.2) is 51.6 Å². The van der Waals surface area contributed by atoms with E-state index in [0.717, 1.165) is 25.6 Å². The van der Waals surface area contributed by atoms with Gasteiger partial charge in [-0.15, -0.1) is 0 Å². The molecule has 0 amide bonds. The minimum Gasteiger partial charge on any atom is -0.493 e. The topological polar surface area (TPSA) is 57.1 Å². The van der Waals surface area contributed by atoms with E-state index in [1.54, 1.807) is 19.3 Å². The molecule has 0 spiro atoms. The number of carbonyl (C=O) groups is 1. The van der Waals surface area contributed by atoms with Crippen molar-refractivity contribution >= 4 is 56.5 Å². The molecule has 0 saturated heterocycles. The molecule has 0 fully saturated rings. The fourth-order valence-corrected chi connectivity index (χ4v) is 3.42. The molecule has 1 atom stereocenters. The Morgan fingerprint density at radius 2 is 2.00 bits per heavy atom. The molecule has 146 valence electrons. The molecule has 0 aliphatic carbocycles. The van der Waals surface area contributed by atoms with Gasteiger partial charge in [-0.05, 0) is 99.9 Å². The molecule has 7 heteroatoms. The molecular formula is C21H19BrINO4. The van der Waals surface area contributed by atoms with Crippen LogP contribution in [0.2, 0.25) is 0 Å². The number of methoxy groups -OCH3 is 1. The van der Waals surface area contributed by atoms with Gasteiger partial charge in [0.25, 0.3) is 0 Å². The molecule has 0 saturated carbocycles. The van der Waals surface area contributed by atoms with Crippen molar-refractivity contribution in [2.24, 2.45) is 4.99 Å². The lowest BCUT2D eigenvalue weighted by Gasteiger charge is -2.17. The molecule has 0 N–H and O–H groups in total. The van der Waals surface area contributed by atoms with Gasteiger partial charge in [-0.3, -0.25) is 0 Å². The fourth-order valence-electron chi connectivity index (χ4n) is 2.50. The number of halogens is 2. The molecule has 28 heavy (non-hydrogen) atoms. The smallest absolute Gasteiger partial charge is 0.363 e. The maximum Gasteiger partial charge on any atom is 0.363 e. The zero-order valence-electron chi connectivity index (χ0n) is 15.7. The maximum atomic E-state index is 12.2. The van der Waals surface area contributed by atoms with Crippen LogP contribution in [0, 0.1) is 3.57 Å². The molecule has 1 aliphatic rings. The summed E-state index contributed by atoms with van der Waals surface area (Å²) in [6.45, 7) is 4.05. The molecular weight excluding hydrogens is 537 g/mol. The van der Waals surface area contributed by atoms with Gasteiger partial charge in [-0.2, -0.15) is 0 Å². The van der Waals surface area contributed by atoms with Gasteiger partial charge in [-0.25, -0.2) is 9.79 Å². The van der Waals surface area contributed by atoms with E-state index < -0.39 is 5.97 Å². The van der Waals surface area contributed by atoms with Crippen LogP contribution in [-0.4, -0.2) is 25.1 Å². The summed E-state index contributed by atoms with van der Waals surface area (Å²) in [7, 11) is 1.58. The van der Waals surface area contributed by atoms with Crippen molar-refractivity contribution in [2.75, 3.05) is 7.11 Å². The lowest BCUT2D eigenvalue weighted by molar-refractivity contribution is -0.129. The summed E-state index contributed by atoms with van der Waals surface area (Å²) in [6.07, 6.45) is 2.60. The molecule has 1 unspecified atom stereocenters. The monoisotopic (exact) mass is 555 g/mol. The predicted octanol–water partition coefficient (Wildman–Crippen LogP) is 5.58. The van der Waals surface area contributed by atoms with Gasteiger partial charge in [-0.1, -0.05) is 6.92 Å². The normalized spacial score (nSPS) is 16.0. The van der Waals surface area contributed by atoms with Gasteiger partial charge in [0.15, 0.2) is 17.2 Å². The van der Waals surface area contributed by atoms with Gasteiger partial charge in [0.1, 0.15) is 0 Å². The number of esters is 1. The number of rotatable bonds is 6. The summed E-state index contributed by atoms with van der Waals surface area (Å²) in [5.41, 5.74) is 1.74. The Balaban J connectivity index is 1.93. The Labute approximate surface area is 186 Å². The fraction of sp³-hybridized carbons (Fsp3) is 0.238. The van der Waals surface area contributed by atoms with E-state index in [0.29, 0.717) is 17.4 Å². The summed E-state index contributed by atoms with van der Waals surface area (Å²) < 4.78 is 18.6. The summed E-state index contributed by atoms with van der Waals surface area (Å²) >= 11 is 5.75. The first kappa shape index (κ1) is 20.9. The molecule has 0 radical (unpaired) electrons. The highest BCUT2D eigenvalue weighted by Crippen LogP contribution is 2.38. The number of benzene rings is 2. The van der Waals surface area contributed by atoms with Crippen molar-refractivity contribution < 1.29 is 19.0 Å². The van der Waals surface area contributed by atoms with Crippen molar-refractivity contribution in [3.05, 3.63) is 61.3 Å². The molecule has 0 aromatic heterocycles. The van der Waals surface area contributed by atoms with Crippen LogP contribution in [0.3, 0.4) is 0 Å². The van der Waals surface area contributed by atoms with Crippen LogP contribution in [0.5, 0.6) is 11.5 Å². The highest BCUT2D eigenvalue weighted by molar-refractivity contribution is 14.1. The van der Waals surface area contributed by atoms with Crippen molar-refractivity contribution in [3.8, 4) is 11.5 Å². The molecule has 2 aromatic rings. The summed E-state index contributed by atoms with van der Waals surface area (Å²) in [5, 5.41) is 0. The van der Waals surface area contributed by atoms with Crippen molar-refractivity contribution in [2.45, 2.75) is 26.4 Å². The maximum absolute atomic E-state index is 12.2. The molecule has 1 aliphatic heterocycles. The number of ether oxygens (including phenoxy) is 3. The van der Waals surface area contributed by atoms with Gasteiger partial charge < -0.3 is 14.2 Å². The molecule has 5 nitrogen and oxygen atoms in total. The van der Waals surface area contributed by atoms with E-state index in [9.17, 15) is 4.79 Å². The third-order valence-corrected chi connectivity index (χ3v) is 5.47. The standard InChI is InChI=1S/C21H19BrINO4/c1-4-12(2)27-19-16(22)9-13(11-18(19)26-3)10-17-21(25)28-20(24-17)14-5-7-15(23)8-6-14/h5-12H,4H2,1-3H3/b17-10-. The van der Waals surface area contributed by atoms with Crippen LogP contribution in [-0.2, 0) is 9.53 Å². The summed E-state index contributed by atoms with van der Waals surface area (Å²) in [5.74, 6) is 1.03. The SMILES string of the molecule is CCC(C)Oc1c(Br)cc(/C=C2\N=C(c3ccc(I)cc3)OC2=O)cc1OC. The van der Waals surface area contributed by atoms with Crippen LogP contribution in [0.25, 0.3) is 6.08 Å². The van der Waals surface area contributed by atoms with E-state index in [-0.39, 0.29) is 11.8 Å². The first-order valence-electron chi connectivity index (χ1n) is 8.74. The summed E-state index contributed by atoms with van der Waals surface area (Å²) in [4.78, 5) is 16.6. The Kier molecular flexibility index (Phi) is 6.77. The average molecular weight is 556 g/mol. The van der Waals surface area contributed by atoms with Crippen molar-refractivity contribution in [1.29, 1.82) is 0 Å². The second-order valence-electron chi connectivity index (χ2n) is 6.21. The van der Waals surface area contributed by atoms with Crippen LogP contribution in [0.1, 0.15) is 31.4 Å². The summed E-state index contributed by atoms with van der Waals surface area (Å²) in [6, 6.07) is 11.3. The van der Waals surface area contributed by atoms with Crippen LogP contribution >= 0.6 is 38.5 Å². The first-order valence-corrected chi connectivity index (χ1v) is 10.6. The quantitative estimate of drug-likeness (QED) is 0.265. The third-order valence-electron chi connectivity index (χ3n) is 4.16. The predicted molar refractivity (Wildman–Crippen MR) is 121 cm³/mol. The minimum atomic E-state index is -0.483. The highest BCUT2D eigenvalue weighted by Gasteiger charge is 2.24.